The lowest BCUT2D eigenvalue weighted by Gasteiger charge is -2.34. The van der Waals surface area contributed by atoms with Gasteiger partial charge in [-0.3, -0.25) is 4.79 Å². The molecule has 1 atom stereocenters. The summed E-state index contributed by atoms with van der Waals surface area (Å²) in [6, 6.07) is 14.9. The van der Waals surface area contributed by atoms with Gasteiger partial charge in [-0.05, 0) is 31.5 Å². The van der Waals surface area contributed by atoms with Gasteiger partial charge in [-0.1, -0.05) is 42.0 Å². The molecule has 6 nitrogen and oxygen atoms in total. The molecule has 29 heavy (non-hydrogen) atoms. The lowest BCUT2D eigenvalue weighted by atomic mass is 10.1. The SMILES string of the molecule is Cc1ccc(C[NH+](C)CC(=O)N2CCN(S(=O)(=O)c3ccccc3)CC2)c(C)c1. The Bertz CT molecular complexity index is 953. The molecule has 1 N–H and O–H groups in total. The first kappa shape index (κ1) is 21.5. The number of benzene rings is 2. The quantitative estimate of drug-likeness (QED) is 0.760. The minimum absolute atomic E-state index is 0.0732. The second-order valence-corrected chi connectivity index (χ2v) is 9.78. The number of nitrogens with one attached hydrogen (secondary N) is 1. The maximum Gasteiger partial charge on any atom is 0.277 e. The molecule has 156 valence electrons. The highest BCUT2D eigenvalue weighted by Crippen LogP contribution is 2.17. The number of amides is 1. The van der Waals surface area contributed by atoms with E-state index in [4.69, 9.17) is 0 Å². The van der Waals surface area contributed by atoms with E-state index in [2.05, 4.69) is 32.0 Å². The number of sulfonamides is 1. The number of rotatable bonds is 6. The van der Waals surface area contributed by atoms with Crippen molar-refractivity contribution in [2.45, 2.75) is 25.3 Å². The highest BCUT2D eigenvalue weighted by molar-refractivity contribution is 7.89. The van der Waals surface area contributed by atoms with Crippen molar-refractivity contribution in [1.82, 2.24) is 9.21 Å². The van der Waals surface area contributed by atoms with Gasteiger partial charge in [0.05, 0.1) is 11.9 Å². The van der Waals surface area contributed by atoms with Crippen LogP contribution in [0.2, 0.25) is 0 Å². The molecule has 0 aromatic heterocycles. The molecule has 1 heterocycles. The smallest absolute Gasteiger partial charge is 0.277 e. The Balaban J connectivity index is 1.53. The summed E-state index contributed by atoms with van der Waals surface area (Å²) in [7, 11) is -1.47. The van der Waals surface area contributed by atoms with Crippen molar-refractivity contribution in [2.75, 3.05) is 39.8 Å². The molecular formula is C22H30N3O3S+. The molecule has 1 saturated heterocycles. The molecule has 3 rings (SSSR count). The summed E-state index contributed by atoms with van der Waals surface area (Å²) in [5.74, 6) is 0.0732. The van der Waals surface area contributed by atoms with Crippen LogP contribution >= 0.6 is 0 Å². The average molecular weight is 417 g/mol. The van der Waals surface area contributed by atoms with Crippen molar-refractivity contribution in [3.8, 4) is 0 Å². The van der Waals surface area contributed by atoms with Crippen LogP contribution < -0.4 is 4.90 Å². The molecule has 2 aromatic rings. The standard InChI is InChI=1S/C22H29N3O3S/c1-18-9-10-20(19(2)15-18)16-23(3)17-22(26)24-11-13-25(14-12-24)29(27,28)21-7-5-4-6-8-21/h4-10,15H,11-14,16-17H2,1-3H3/p+1. The third kappa shape index (κ3) is 5.23. The van der Waals surface area contributed by atoms with Crippen LogP contribution in [0.3, 0.4) is 0 Å². The van der Waals surface area contributed by atoms with Crippen molar-refractivity contribution in [3.63, 3.8) is 0 Å². The predicted octanol–water partition coefficient (Wildman–Crippen LogP) is 0.851. The lowest BCUT2D eigenvalue weighted by molar-refractivity contribution is -0.885. The van der Waals surface area contributed by atoms with Crippen LogP contribution in [0.1, 0.15) is 16.7 Å². The Labute approximate surface area is 173 Å². The highest BCUT2D eigenvalue weighted by atomic mass is 32.2. The largest absolute Gasteiger partial charge is 0.335 e. The number of hydrogen-bond acceptors (Lipinski definition) is 3. The van der Waals surface area contributed by atoms with E-state index >= 15 is 0 Å². The van der Waals surface area contributed by atoms with E-state index in [1.54, 1.807) is 35.2 Å². The molecule has 1 unspecified atom stereocenters. The fraction of sp³-hybridized carbons (Fsp3) is 0.409. The summed E-state index contributed by atoms with van der Waals surface area (Å²) in [6.07, 6.45) is 0. The first-order chi connectivity index (χ1) is 13.8. The van der Waals surface area contributed by atoms with E-state index in [1.807, 2.05) is 7.05 Å². The molecule has 1 aliphatic heterocycles. The van der Waals surface area contributed by atoms with Gasteiger partial charge in [0.25, 0.3) is 5.91 Å². The van der Waals surface area contributed by atoms with Gasteiger partial charge in [0.1, 0.15) is 6.54 Å². The lowest BCUT2D eigenvalue weighted by Crippen LogP contribution is -3.09. The van der Waals surface area contributed by atoms with E-state index in [1.165, 1.54) is 21.0 Å². The highest BCUT2D eigenvalue weighted by Gasteiger charge is 2.30. The van der Waals surface area contributed by atoms with Gasteiger partial charge in [0.15, 0.2) is 6.54 Å². The van der Waals surface area contributed by atoms with Crippen LogP contribution in [0.4, 0.5) is 0 Å². The molecule has 0 bridgehead atoms. The molecule has 0 saturated carbocycles. The first-order valence-electron chi connectivity index (χ1n) is 9.98. The maximum absolute atomic E-state index is 12.7. The zero-order valence-corrected chi connectivity index (χ0v) is 18.2. The Kier molecular flexibility index (Phi) is 6.72. The Morgan fingerprint density at radius 2 is 1.66 bits per heavy atom. The van der Waals surface area contributed by atoms with Crippen LogP contribution in [0.25, 0.3) is 0 Å². The van der Waals surface area contributed by atoms with Gasteiger partial charge >= 0.3 is 0 Å². The first-order valence-corrected chi connectivity index (χ1v) is 11.4. The van der Waals surface area contributed by atoms with Gasteiger partial charge in [-0.2, -0.15) is 4.31 Å². The monoisotopic (exact) mass is 416 g/mol. The molecule has 2 aromatic carbocycles. The minimum Gasteiger partial charge on any atom is -0.335 e. The van der Waals surface area contributed by atoms with Gasteiger partial charge in [0, 0.05) is 31.7 Å². The number of hydrogen-bond donors (Lipinski definition) is 1. The molecule has 1 fully saturated rings. The second kappa shape index (κ2) is 9.07. The summed E-state index contributed by atoms with van der Waals surface area (Å²) in [6.45, 7) is 6.90. The third-order valence-corrected chi connectivity index (χ3v) is 7.33. The molecule has 0 spiro atoms. The van der Waals surface area contributed by atoms with Crippen molar-refractivity contribution in [1.29, 1.82) is 0 Å². The molecule has 7 heteroatoms. The number of likely N-dealkylation sites (N-methyl/N-ethyl adjacent to an activating group) is 1. The van der Waals surface area contributed by atoms with Crippen LogP contribution in [-0.2, 0) is 21.4 Å². The number of piperazine rings is 1. The normalized spacial score (nSPS) is 16.6. The number of quaternary nitrogens is 1. The fourth-order valence-electron chi connectivity index (χ4n) is 3.72. The van der Waals surface area contributed by atoms with Crippen LogP contribution in [0.15, 0.2) is 53.4 Å². The molecule has 1 amide bonds. The summed E-state index contributed by atoms with van der Waals surface area (Å²) < 4.78 is 26.9. The Morgan fingerprint density at radius 1 is 1.00 bits per heavy atom. The van der Waals surface area contributed by atoms with Gasteiger partial charge < -0.3 is 9.80 Å². The summed E-state index contributed by atoms with van der Waals surface area (Å²) in [5.41, 5.74) is 3.74. The number of carbonyl (C=O) groups is 1. The minimum atomic E-state index is -3.49. The van der Waals surface area contributed by atoms with Gasteiger partial charge in [-0.25, -0.2) is 8.42 Å². The van der Waals surface area contributed by atoms with Crippen LogP contribution in [0.5, 0.6) is 0 Å². The van der Waals surface area contributed by atoms with Crippen LogP contribution in [-0.4, -0.2) is 63.3 Å². The fourth-order valence-corrected chi connectivity index (χ4v) is 5.16. The Hall–Kier alpha value is -2.22. The van der Waals surface area contributed by atoms with Crippen molar-refractivity contribution in [2.24, 2.45) is 0 Å². The molecule has 0 aliphatic carbocycles. The van der Waals surface area contributed by atoms with E-state index in [0.29, 0.717) is 37.6 Å². The third-order valence-electron chi connectivity index (χ3n) is 5.42. The molecular weight excluding hydrogens is 386 g/mol. The number of carbonyl (C=O) groups excluding carboxylic acids is 1. The van der Waals surface area contributed by atoms with E-state index in [9.17, 15) is 13.2 Å². The number of aryl methyl sites for hydroxylation is 2. The van der Waals surface area contributed by atoms with Crippen molar-refractivity contribution in [3.05, 3.63) is 65.2 Å². The Morgan fingerprint density at radius 3 is 2.28 bits per heavy atom. The number of nitrogens with zero attached hydrogens (tertiary/aromatic N) is 2. The zero-order valence-electron chi connectivity index (χ0n) is 17.4. The van der Waals surface area contributed by atoms with Crippen molar-refractivity contribution < 1.29 is 18.1 Å². The molecule has 1 aliphatic rings. The maximum atomic E-state index is 12.7. The molecule has 0 radical (unpaired) electrons. The van der Waals surface area contributed by atoms with E-state index in [0.717, 1.165) is 11.4 Å². The van der Waals surface area contributed by atoms with Gasteiger partial charge in [0.2, 0.25) is 10.0 Å². The summed E-state index contributed by atoms with van der Waals surface area (Å²) in [4.78, 5) is 15.9. The second-order valence-electron chi connectivity index (χ2n) is 7.84. The summed E-state index contributed by atoms with van der Waals surface area (Å²) >= 11 is 0. The van der Waals surface area contributed by atoms with Gasteiger partial charge in [-0.15, -0.1) is 0 Å². The zero-order chi connectivity index (χ0) is 21.0. The van der Waals surface area contributed by atoms with Crippen molar-refractivity contribution >= 4 is 15.9 Å². The van der Waals surface area contributed by atoms with E-state index in [-0.39, 0.29) is 5.91 Å². The van der Waals surface area contributed by atoms with Crippen LogP contribution in [0, 0.1) is 13.8 Å². The topological polar surface area (TPSA) is 62.1 Å². The van der Waals surface area contributed by atoms with E-state index < -0.39 is 10.0 Å². The average Bonchev–Trinajstić information content (AvgIpc) is 2.71. The summed E-state index contributed by atoms with van der Waals surface area (Å²) in [5, 5.41) is 0. The predicted molar refractivity (Wildman–Crippen MR) is 113 cm³/mol.